The fourth-order valence-corrected chi connectivity index (χ4v) is 4.61. The van der Waals surface area contributed by atoms with Crippen molar-refractivity contribution < 1.29 is 0 Å². The number of anilines is 1. The molecule has 1 aromatic heterocycles. The molecule has 2 N–H and O–H groups in total. The van der Waals surface area contributed by atoms with E-state index in [0.29, 0.717) is 5.96 Å². The molecule has 2 saturated heterocycles. The van der Waals surface area contributed by atoms with Crippen LogP contribution in [0.25, 0.3) is 0 Å². The van der Waals surface area contributed by atoms with E-state index >= 15 is 0 Å². The molecule has 0 bridgehead atoms. The van der Waals surface area contributed by atoms with Crippen molar-refractivity contribution in [2.24, 2.45) is 10.7 Å². The van der Waals surface area contributed by atoms with Crippen LogP contribution in [0.1, 0.15) is 5.56 Å². The lowest BCUT2D eigenvalue weighted by atomic mass is 10.2. The maximum Gasteiger partial charge on any atom is 0.191 e. The number of guanidine groups is 1. The van der Waals surface area contributed by atoms with Gasteiger partial charge < -0.3 is 15.5 Å². The molecule has 0 spiro atoms. The Balaban J connectivity index is 0.00000256. The summed E-state index contributed by atoms with van der Waals surface area (Å²) in [5, 5.41) is 3.13. The second kappa shape index (κ2) is 11.8. The molecule has 1 aromatic carbocycles. The molecule has 0 radical (unpaired) electrons. The Labute approximate surface area is 200 Å². The number of rotatable bonds is 6. The highest BCUT2D eigenvalue weighted by atomic mass is 127. The van der Waals surface area contributed by atoms with Gasteiger partial charge in [0.1, 0.15) is 0 Å². The largest absolute Gasteiger partial charge is 0.370 e. The summed E-state index contributed by atoms with van der Waals surface area (Å²) in [5.41, 5.74) is 7.65. The number of hydrogen-bond donors (Lipinski definition) is 1. The van der Waals surface area contributed by atoms with Crippen molar-refractivity contribution in [2.45, 2.75) is 6.54 Å². The molecule has 9 heteroatoms. The van der Waals surface area contributed by atoms with Gasteiger partial charge in [-0.05, 0) is 5.56 Å². The van der Waals surface area contributed by atoms with Gasteiger partial charge >= 0.3 is 0 Å². The number of aliphatic imine (C=N–C) groups is 1. The van der Waals surface area contributed by atoms with Crippen LogP contribution in [0.15, 0.2) is 46.9 Å². The molecule has 0 atom stereocenters. The molecule has 0 amide bonds. The summed E-state index contributed by atoms with van der Waals surface area (Å²) in [6, 6.07) is 10.7. The minimum absolute atomic E-state index is 0. The van der Waals surface area contributed by atoms with Crippen molar-refractivity contribution >= 4 is 46.4 Å². The Bertz CT molecular complexity index is 755. The van der Waals surface area contributed by atoms with E-state index in [1.165, 1.54) is 5.56 Å². The zero-order chi connectivity index (χ0) is 19.9. The van der Waals surface area contributed by atoms with Crippen molar-refractivity contribution in [3.05, 3.63) is 47.5 Å². The number of hydrogen-bond acceptors (Lipinski definition) is 6. The van der Waals surface area contributed by atoms with E-state index in [1.54, 1.807) is 11.3 Å². The molecule has 0 unspecified atom stereocenters. The Morgan fingerprint density at radius 3 is 2.33 bits per heavy atom. The molecule has 0 saturated carbocycles. The van der Waals surface area contributed by atoms with Crippen molar-refractivity contribution in [3.8, 4) is 0 Å². The summed E-state index contributed by atoms with van der Waals surface area (Å²) in [7, 11) is 0. The third-order valence-corrected chi connectivity index (χ3v) is 6.53. The van der Waals surface area contributed by atoms with Gasteiger partial charge in [-0.3, -0.25) is 14.8 Å². The van der Waals surface area contributed by atoms with E-state index in [4.69, 9.17) is 5.73 Å². The van der Waals surface area contributed by atoms with Crippen LogP contribution in [0.2, 0.25) is 0 Å². The lowest BCUT2D eigenvalue weighted by molar-refractivity contribution is 0.130. The molecule has 2 aliphatic heterocycles. The van der Waals surface area contributed by atoms with E-state index in [9.17, 15) is 0 Å². The number of benzene rings is 1. The molecule has 2 aromatic rings. The molecule has 0 aliphatic carbocycles. The summed E-state index contributed by atoms with van der Waals surface area (Å²) >= 11 is 1.69. The molecule has 2 fully saturated rings. The van der Waals surface area contributed by atoms with Gasteiger partial charge in [0.05, 0.1) is 6.54 Å². The lowest BCUT2D eigenvalue weighted by Crippen LogP contribution is -2.51. The van der Waals surface area contributed by atoms with Crippen LogP contribution in [0, 0.1) is 0 Å². The summed E-state index contributed by atoms with van der Waals surface area (Å²) in [5.74, 6) is 0.687. The quantitative estimate of drug-likeness (QED) is 0.343. The molecular weight excluding hydrogens is 509 g/mol. The summed E-state index contributed by atoms with van der Waals surface area (Å²) < 4.78 is 0. The Hall–Kier alpha value is -1.43. The summed E-state index contributed by atoms with van der Waals surface area (Å²) in [6.07, 6.45) is 1.86. The Morgan fingerprint density at radius 1 is 0.967 bits per heavy atom. The normalized spacial score (nSPS) is 19.0. The van der Waals surface area contributed by atoms with Crippen molar-refractivity contribution in [1.29, 1.82) is 0 Å². The topological polar surface area (TPSA) is 64.2 Å². The zero-order valence-corrected chi connectivity index (χ0v) is 20.5. The van der Waals surface area contributed by atoms with Gasteiger partial charge in [0, 0.05) is 77.0 Å². The van der Waals surface area contributed by atoms with E-state index in [0.717, 1.165) is 77.1 Å². The zero-order valence-electron chi connectivity index (χ0n) is 17.4. The van der Waals surface area contributed by atoms with Crippen LogP contribution < -0.4 is 10.6 Å². The fraction of sp³-hybridized carbons (Fsp3) is 0.524. The highest BCUT2D eigenvalue weighted by Crippen LogP contribution is 2.18. The predicted octanol–water partition coefficient (Wildman–Crippen LogP) is 2.02. The third kappa shape index (κ3) is 6.53. The molecular formula is C21H32IN7S. The number of nitrogens with two attached hydrogens (primary N) is 1. The Kier molecular flexibility index (Phi) is 9.16. The van der Waals surface area contributed by atoms with Gasteiger partial charge in [-0.1, -0.05) is 30.3 Å². The van der Waals surface area contributed by atoms with Gasteiger partial charge in [0.25, 0.3) is 0 Å². The van der Waals surface area contributed by atoms with Crippen molar-refractivity contribution in [2.75, 3.05) is 70.3 Å². The van der Waals surface area contributed by atoms with Crippen LogP contribution in [-0.2, 0) is 6.54 Å². The van der Waals surface area contributed by atoms with Crippen LogP contribution in [0.3, 0.4) is 0 Å². The monoisotopic (exact) mass is 541 g/mol. The first kappa shape index (κ1) is 23.2. The van der Waals surface area contributed by atoms with Gasteiger partial charge in [0.15, 0.2) is 11.1 Å². The van der Waals surface area contributed by atoms with E-state index < -0.39 is 0 Å². The summed E-state index contributed by atoms with van der Waals surface area (Å²) in [6.45, 7) is 11.0. The highest BCUT2D eigenvalue weighted by molar-refractivity contribution is 14.0. The van der Waals surface area contributed by atoms with Gasteiger partial charge in [0.2, 0.25) is 0 Å². The first-order valence-electron chi connectivity index (χ1n) is 10.5. The molecule has 164 valence electrons. The predicted molar refractivity (Wildman–Crippen MR) is 136 cm³/mol. The minimum atomic E-state index is 0. The molecule has 2 aliphatic rings. The van der Waals surface area contributed by atoms with Crippen LogP contribution in [-0.4, -0.2) is 91.1 Å². The average molecular weight is 542 g/mol. The SMILES string of the molecule is I.NC(=NCCN1CCN(Cc2ccccc2)CC1)N1CCN(c2nccs2)CC1. The van der Waals surface area contributed by atoms with Crippen LogP contribution in [0.5, 0.6) is 0 Å². The van der Waals surface area contributed by atoms with Crippen LogP contribution in [0.4, 0.5) is 5.13 Å². The number of thiazole rings is 1. The number of nitrogens with zero attached hydrogens (tertiary/aromatic N) is 6. The smallest absolute Gasteiger partial charge is 0.191 e. The first-order chi connectivity index (χ1) is 14.3. The number of piperazine rings is 2. The third-order valence-electron chi connectivity index (χ3n) is 5.70. The minimum Gasteiger partial charge on any atom is -0.370 e. The molecule has 4 rings (SSSR count). The van der Waals surface area contributed by atoms with Crippen molar-refractivity contribution in [3.63, 3.8) is 0 Å². The first-order valence-corrected chi connectivity index (χ1v) is 11.3. The Morgan fingerprint density at radius 2 is 1.67 bits per heavy atom. The molecule has 30 heavy (non-hydrogen) atoms. The van der Waals surface area contributed by atoms with Gasteiger partial charge in [-0.15, -0.1) is 35.3 Å². The fourth-order valence-electron chi connectivity index (χ4n) is 3.92. The summed E-state index contributed by atoms with van der Waals surface area (Å²) in [4.78, 5) is 18.6. The van der Waals surface area contributed by atoms with Gasteiger partial charge in [-0.25, -0.2) is 4.98 Å². The standard InChI is InChI=1S/C21H31N7S.HI/c22-20(27-13-15-28(16-14-27)21-24-7-17-29-21)23-6-8-25-9-11-26(12-10-25)18-19-4-2-1-3-5-19;/h1-5,7,17H,6,8-16,18H2,(H2,22,23);1H. The average Bonchev–Trinajstić information content (AvgIpc) is 3.31. The number of aromatic nitrogens is 1. The molecule has 7 nitrogen and oxygen atoms in total. The maximum absolute atomic E-state index is 6.25. The van der Waals surface area contributed by atoms with E-state index in [2.05, 4.69) is 59.9 Å². The van der Waals surface area contributed by atoms with Gasteiger partial charge in [-0.2, -0.15) is 0 Å². The van der Waals surface area contributed by atoms with E-state index in [-0.39, 0.29) is 24.0 Å². The second-order valence-corrected chi connectivity index (χ2v) is 8.51. The van der Waals surface area contributed by atoms with Crippen molar-refractivity contribution in [1.82, 2.24) is 19.7 Å². The second-order valence-electron chi connectivity index (χ2n) is 7.63. The van der Waals surface area contributed by atoms with Crippen LogP contribution >= 0.6 is 35.3 Å². The number of halogens is 1. The van der Waals surface area contributed by atoms with E-state index in [1.807, 2.05) is 11.6 Å². The highest BCUT2D eigenvalue weighted by Gasteiger charge is 2.20. The maximum atomic E-state index is 6.25. The lowest BCUT2D eigenvalue weighted by Gasteiger charge is -2.35. The molecule has 3 heterocycles.